The van der Waals surface area contributed by atoms with Crippen molar-refractivity contribution < 1.29 is 14.7 Å². The number of nitrogens with zero attached hydrogens (tertiary/aromatic N) is 1. The number of nitrogens with one attached hydrogen (secondary N) is 1. The predicted octanol–water partition coefficient (Wildman–Crippen LogP) is 3.09. The number of rotatable bonds is 5. The number of carboxylic acids is 1. The number of hydrogen-bond acceptors (Lipinski definition) is 2. The molecule has 0 aliphatic rings. The number of benzene rings is 1. The van der Waals surface area contributed by atoms with E-state index < -0.39 is 11.5 Å². The van der Waals surface area contributed by atoms with Gasteiger partial charge in [-0.15, -0.1) is 0 Å². The first-order valence-corrected chi connectivity index (χ1v) is 6.97. The normalized spacial score (nSPS) is 11.1. The molecule has 1 aromatic rings. The summed E-state index contributed by atoms with van der Waals surface area (Å²) in [6, 6.07) is 5.69. The molecular weight excluding hydrogens is 268 g/mol. The number of hydrogen-bond donors (Lipinski definition) is 2. The Kier molecular flexibility index (Phi) is 5.35. The average molecular weight is 292 g/mol. The van der Waals surface area contributed by atoms with Gasteiger partial charge in [-0.2, -0.15) is 0 Å². The van der Waals surface area contributed by atoms with Gasteiger partial charge in [0.25, 0.3) is 0 Å². The lowest BCUT2D eigenvalue weighted by molar-refractivity contribution is -0.137. The molecule has 0 unspecified atom stereocenters. The van der Waals surface area contributed by atoms with Crippen molar-refractivity contribution in [2.45, 2.75) is 46.1 Å². The summed E-state index contributed by atoms with van der Waals surface area (Å²) in [6.07, 6.45) is 0.412. The summed E-state index contributed by atoms with van der Waals surface area (Å²) >= 11 is 0. The molecule has 0 heterocycles. The van der Waals surface area contributed by atoms with Crippen LogP contribution in [-0.4, -0.2) is 29.7 Å². The maximum absolute atomic E-state index is 12.3. The Morgan fingerprint density at radius 2 is 1.71 bits per heavy atom. The van der Waals surface area contributed by atoms with Crippen LogP contribution in [0.15, 0.2) is 18.2 Å². The van der Waals surface area contributed by atoms with Crippen LogP contribution in [0.5, 0.6) is 0 Å². The van der Waals surface area contributed by atoms with E-state index in [2.05, 4.69) is 5.32 Å². The molecule has 116 valence electrons. The minimum Gasteiger partial charge on any atom is -0.481 e. The van der Waals surface area contributed by atoms with E-state index in [1.54, 1.807) is 11.9 Å². The second-order valence-electron chi connectivity index (χ2n) is 6.11. The average Bonchev–Trinajstić information content (AvgIpc) is 2.34. The molecule has 0 spiro atoms. The first-order chi connectivity index (χ1) is 9.60. The molecule has 0 aliphatic heterocycles. The van der Waals surface area contributed by atoms with E-state index in [1.807, 2.05) is 45.9 Å². The highest BCUT2D eigenvalue weighted by Crippen LogP contribution is 2.19. The van der Waals surface area contributed by atoms with Crippen molar-refractivity contribution in [1.29, 1.82) is 0 Å². The molecule has 0 saturated heterocycles. The van der Waals surface area contributed by atoms with Gasteiger partial charge in [0, 0.05) is 24.7 Å². The highest BCUT2D eigenvalue weighted by molar-refractivity contribution is 5.92. The van der Waals surface area contributed by atoms with Gasteiger partial charge in [0.2, 0.25) is 0 Å². The number of aliphatic carboxylic acids is 1. The molecule has 0 aromatic heterocycles. The predicted molar refractivity (Wildman–Crippen MR) is 83.8 cm³/mol. The number of carbonyl (C=O) groups excluding carboxylic acids is 1. The summed E-state index contributed by atoms with van der Waals surface area (Å²) in [5.74, 6) is -0.861. The van der Waals surface area contributed by atoms with Gasteiger partial charge in [0.15, 0.2) is 0 Å². The summed E-state index contributed by atoms with van der Waals surface area (Å²) in [7, 11) is 1.71. The minimum atomic E-state index is -0.861. The summed E-state index contributed by atoms with van der Waals surface area (Å²) in [5, 5.41) is 11.6. The summed E-state index contributed by atoms with van der Waals surface area (Å²) < 4.78 is 0. The van der Waals surface area contributed by atoms with Crippen molar-refractivity contribution in [3.8, 4) is 0 Å². The zero-order chi connectivity index (χ0) is 16.2. The summed E-state index contributed by atoms with van der Waals surface area (Å²) in [4.78, 5) is 24.5. The van der Waals surface area contributed by atoms with Gasteiger partial charge >= 0.3 is 12.0 Å². The molecule has 1 aromatic carbocycles. The molecular formula is C16H24N2O3. The molecule has 5 heteroatoms. The Bertz CT molecular complexity index is 518. The maximum atomic E-state index is 12.3. The van der Waals surface area contributed by atoms with Crippen LogP contribution in [0.25, 0.3) is 0 Å². The van der Waals surface area contributed by atoms with Crippen molar-refractivity contribution in [3.63, 3.8) is 0 Å². The van der Waals surface area contributed by atoms with Crippen LogP contribution in [0.4, 0.5) is 10.5 Å². The van der Waals surface area contributed by atoms with E-state index in [4.69, 9.17) is 5.11 Å². The lowest BCUT2D eigenvalue weighted by Gasteiger charge is -2.29. The quantitative estimate of drug-likeness (QED) is 0.876. The Hall–Kier alpha value is -2.04. The van der Waals surface area contributed by atoms with Crippen molar-refractivity contribution in [2.24, 2.45) is 0 Å². The number of carbonyl (C=O) groups is 2. The van der Waals surface area contributed by atoms with E-state index in [0.717, 1.165) is 16.8 Å². The second kappa shape index (κ2) is 6.61. The van der Waals surface area contributed by atoms with Gasteiger partial charge in [-0.25, -0.2) is 4.79 Å². The number of amides is 2. The van der Waals surface area contributed by atoms with Crippen LogP contribution in [0, 0.1) is 13.8 Å². The van der Waals surface area contributed by atoms with Crippen LogP contribution < -0.4 is 10.2 Å². The van der Waals surface area contributed by atoms with Crippen molar-refractivity contribution in [1.82, 2.24) is 5.32 Å². The highest BCUT2D eigenvalue weighted by Gasteiger charge is 2.23. The molecule has 2 N–H and O–H groups in total. The molecule has 0 fully saturated rings. The lowest BCUT2D eigenvalue weighted by atomic mass is 9.99. The molecule has 0 saturated carbocycles. The lowest BCUT2D eigenvalue weighted by Crippen LogP contribution is -2.49. The number of anilines is 1. The van der Waals surface area contributed by atoms with Crippen LogP contribution in [0.1, 0.15) is 37.8 Å². The second-order valence-corrected chi connectivity index (χ2v) is 6.11. The van der Waals surface area contributed by atoms with Gasteiger partial charge < -0.3 is 10.4 Å². The zero-order valence-electron chi connectivity index (χ0n) is 13.4. The molecule has 0 atom stereocenters. The van der Waals surface area contributed by atoms with Gasteiger partial charge in [-0.1, -0.05) is 6.07 Å². The minimum absolute atomic E-state index is 0.0283. The Labute approximate surface area is 126 Å². The third kappa shape index (κ3) is 5.45. The molecule has 0 radical (unpaired) electrons. The van der Waals surface area contributed by atoms with Gasteiger partial charge in [0.05, 0.1) is 0 Å². The molecule has 0 aliphatic carbocycles. The molecule has 2 amide bonds. The van der Waals surface area contributed by atoms with Crippen LogP contribution in [-0.2, 0) is 4.79 Å². The third-order valence-electron chi connectivity index (χ3n) is 3.31. The molecule has 5 nitrogen and oxygen atoms in total. The van der Waals surface area contributed by atoms with Gasteiger partial charge in [0.1, 0.15) is 0 Å². The maximum Gasteiger partial charge on any atom is 0.322 e. The fraction of sp³-hybridized carbons (Fsp3) is 0.500. The van der Waals surface area contributed by atoms with E-state index in [1.165, 1.54) is 0 Å². The topological polar surface area (TPSA) is 69.6 Å². The SMILES string of the molecule is Cc1cc(C)cc(N(C)C(=O)NC(C)(C)CCC(=O)O)c1. The summed E-state index contributed by atoms with van der Waals surface area (Å²) in [6.45, 7) is 7.62. The van der Waals surface area contributed by atoms with E-state index in [0.29, 0.717) is 6.42 Å². The fourth-order valence-electron chi connectivity index (χ4n) is 2.12. The monoisotopic (exact) mass is 292 g/mol. The first-order valence-electron chi connectivity index (χ1n) is 6.97. The molecule has 1 rings (SSSR count). The number of urea groups is 1. The fourth-order valence-corrected chi connectivity index (χ4v) is 2.12. The zero-order valence-corrected chi connectivity index (χ0v) is 13.4. The standard InChI is InChI=1S/C16H24N2O3/c1-11-8-12(2)10-13(9-11)18(5)15(21)17-16(3,4)7-6-14(19)20/h8-10H,6-7H2,1-5H3,(H,17,21)(H,19,20). The molecule has 21 heavy (non-hydrogen) atoms. The van der Waals surface area contributed by atoms with Crippen LogP contribution >= 0.6 is 0 Å². The van der Waals surface area contributed by atoms with E-state index in [-0.39, 0.29) is 12.5 Å². The summed E-state index contributed by atoms with van der Waals surface area (Å²) in [5.41, 5.74) is 2.44. The van der Waals surface area contributed by atoms with Gasteiger partial charge in [-0.05, 0) is 57.4 Å². The van der Waals surface area contributed by atoms with E-state index >= 15 is 0 Å². The van der Waals surface area contributed by atoms with E-state index in [9.17, 15) is 9.59 Å². The van der Waals surface area contributed by atoms with Crippen molar-refractivity contribution in [2.75, 3.05) is 11.9 Å². The van der Waals surface area contributed by atoms with Crippen molar-refractivity contribution >= 4 is 17.7 Å². The highest BCUT2D eigenvalue weighted by atomic mass is 16.4. The first kappa shape index (κ1) is 17.0. The van der Waals surface area contributed by atoms with Crippen LogP contribution in [0.3, 0.4) is 0 Å². The Morgan fingerprint density at radius 1 is 1.19 bits per heavy atom. The number of carboxylic acid groups (broad SMARTS) is 1. The third-order valence-corrected chi connectivity index (χ3v) is 3.31. The van der Waals surface area contributed by atoms with Gasteiger partial charge in [-0.3, -0.25) is 9.69 Å². The Balaban J connectivity index is 2.76. The largest absolute Gasteiger partial charge is 0.481 e. The number of aryl methyl sites for hydroxylation is 2. The Morgan fingerprint density at radius 3 is 2.19 bits per heavy atom. The smallest absolute Gasteiger partial charge is 0.322 e. The van der Waals surface area contributed by atoms with Crippen LogP contribution in [0.2, 0.25) is 0 Å². The van der Waals surface area contributed by atoms with Crippen molar-refractivity contribution in [3.05, 3.63) is 29.3 Å². The molecule has 0 bridgehead atoms.